The minimum atomic E-state index is 0.510. The van der Waals surface area contributed by atoms with E-state index in [1.807, 2.05) is 0 Å². The molecule has 0 saturated carbocycles. The molecule has 1 aliphatic carbocycles. The van der Waals surface area contributed by atoms with Crippen LogP contribution >= 0.6 is 0 Å². The molecule has 1 unspecified atom stereocenters. The number of para-hydroxylation sites is 2. The number of fused-ring (bicyclic) bond motifs is 6. The summed E-state index contributed by atoms with van der Waals surface area (Å²) in [4.78, 5) is 3.54. The molecule has 3 aromatic carbocycles. The van der Waals surface area contributed by atoms with Gasteiger partial charge in [-0.15, -0.1) is 0 Å². The van der Waals surface area contributed by atoms with E-state index in [1.54, 1.807) is 0 Å². The van der Waals surface area contributed by atoms with Crippen LogP contribution in [0.25, 0.3) is 44.4 Å². The fourth-order valence-electron chi connectivity index (χ4n) is 5.28. The molecule has 2 heterocycles. The second-order valence-corrected chi connectivity index (χ2v) is 8.27. The molecule has 1 aliphatic rings. The van der Waals surface area contributed by atoms with Gasteiger partial charge in [0.2, 0.25) is 0 Å². The summed E-state index contributed by atoms with van der Waals surface area (Å²) in [6.07, 6.45) is 3.52. The number of hydrogen-bond acceptors (Lipinski definition) is 0. The topological polar surface area (TPSA) is 20.7 Å². The molecular weight excluding hydrogens is 352 g/mol. The number of aromatic amines is 1. The first-order chi connectivity index (χ1) is 14.2. The fourth-order valence-corrected chi connectivity index (χ4v) is 5.28. The predicted molar refractivity (Wildman–Crippen MR) is 124 cm³/mol. The summed E-state index contributed by atoms with van der Waals surface area (Å²) >= 11 is 0. The van der Waals surface area contributed by atoms with Gasteiger partial charge in [-0.05, 0) is 54.8 Å². The molecule has 2 aromatic heterocycles. The molecule has 0 spiro atoms. The normalized spacial score (nSPS) is 16.5. The maximum atomic E-state index is 3.54. The molecule has 0 radical (unpaired) electrons. The van der Waals surface area contributed by atoms with Crippen LogP contribution in [-0.2, 0) is 6.54 Å². The van der Waals surface area contributed by atoms with Gasteiger partial charge in [-0.3, -0.25) is 0 Å². The van der Waals surface area contributed by atoms with Crippen LogP contribution in [0.3, 0.4) is 0 Å². The molecule has 0 saturated heterocycles. The Balaban J connectivity index is 1.58. The molecule has 2 nitrogen and oxygen atoms in total. The summed E-state index contributed by atoms with van der Waals surface area (Å²) in [6, 6.07) is 24.3. The standard InChI is InChI=1S/C27H24N2/c1-3-29-26-11-7-5-9-21(26)23-16-19(14-17(2)27(23)29)18-12-13-25-22(15-18)20-8-4-6-10-24(20)28-25/h4-13,15-17,28H,3,14H2,1-2H3. The summed E-state index contributed by atoms with van der Waals surface area (Å²) < 4.78 is 2.51. The number of aromatic nitrogens is 2. The van der Waals surface area contributed by atoms with E-state index in [1.165, 1.54) is 55.1 Å². The average Bonchev–Trinajstić information content (AvgIpc) is 3.29. The Morgan fingerprint density at radius 3 is 2.52 bits per heavy atom. The van der Waals surface area contributed by atoms with E-state index in [2.05, 4.69) is 96.2 Å². The lowest BCUT2D eigenvalue weighted by Gasteiger charge is -2.23. The summed E-state index contributed by atoms with van der Waals surface area (Å²) in [5.41, 5.74) is 9.46. The zero-order valence-electron chi connectivity index (χ0n) is 16.9. The molecule has 0 bridgehead atoms. The molecule has 2 heteroatoms. The van der Waals surface area contributed by atoms with E-state index in [4.69, 9.17) is 0 Å². The maximum Gasteiger partial charge on any atom is 0.0488 e. The number of rotatable bonds is 2. The van der Waals surface area contributed by atoms with Crippen molar-refractivity contribution in [2.75, 3.05) is 0 Å². The van der Waals surface area contributed by atoms with E-state index < -0.39 is 0 Å². The summed E-state index contributed by atoms with van der Waals surface area (Å²) in [6.45, 7) is 5.65. The van der Waals surface area contributed by atoms with Crippen molar-refractivity contribution in [2.45, 2.75) is 32.7 Å². The quantitative estimate of drug-likeness (QED) is 0.333. The Kier molecular flexibility index (Phi) is 3.52. The van der Waals surface area contributed by atoms with E-state index >= 15 is 0 Å². The third-order valence-corrected chi connectivity index (χ3v) is 6.56. The second kappa shape index (κ2) is 6.12. The molecule has 142 valence electrons. The van der Waals surface area contributed by atoms with Crippen molar-refractivity contribution in [2.24, 2.45) is 0 Å². The van der Waals surface area contributed by atoms with Crippen molar-refractivity contribution >= 4 is 44.4 Å². The minimum absolute atomic E-state index is 0.510. The Morgan fingerprint density at radius 1 is 0.897 bits per heavy atom. The lowest BCUT2D eigenvalue weighted by Crippen LogP contribution is -2.09. The van der Waals surface area contributed by atoms with Crippen LogP contribution in [0.4, 0.5) is 0 Å². The van der Waals surface area contributed by atoms with Gasteiger partial charge in [-0.25, -0.2) is 0 Å². The Morgan fingerprint density at radius 2 is 1.66 bits per heavy atom. The SMILES string of the molecule is CCn1c2c(c3ccccc31)C=C(c1ccc3[nH]c4ccccc4c3c1)CC2C. The van der Waals surface area contributed by atoms with Crippen molar-refractivity contribution in [3.05, 3.63) is 83.6 Å². The van der Waals surface area contributed by atoms with Crippen LogP contribution in [0.15, 0.2) is 66.7 Å². The number of H-pyrrole nitrogens is 1. The van der Waals surface area contributed by atoms with Gasteiger partial charge in [0, 0.05) is 56.4 Å². The fraction of sp³-hybridized carbons (Fsp3) is 0.185. The van der Waals surface area contributed by atoms with E-state index in [-0.39, 0.29) is 0 Å². The first kappa shape index (κ1) is 16.7. The summed E-state index contributed by atoms with van der Waals surface area (Å²) in [7, 11) is 0. The van der Waals surface area contributed by atoms with Gasteiger partial charge in [0.15, 0.2) is 0 Å². The molecule has 1 N–H and O–H groups in total. The van der Waals surface area contributed by atoms with Crippen molar-refractivity contribution in [3.63, 3.8) is 0 Å². The van der Waals surface area contributed by atoms with Crippen molar-refractivity contribution in [1.82, 2.24) is 9.55 Å². The highest BCUT2D eigenvalue weighted by atomic mass is 15.0. The minimum Gasteiger partial charge on any atom is -0.355 e. The van der Waals surface area contributed by atoms with Crippen LogP contribution in [0.1, 0.15) is 43.0 Å². The summed E-state index contributed by atoms with van der Waals surface area (Å²) in [5.74, 6) is 0.510. The Hall–Kier alpha value is -3.26. The van der Waals surface area contributed by atoms with E-state index in [0.717, 1.165) is 13.0 Å². The third kappa shape index (κ3) is 2.35. The number of nitrogens with one attached hydrogen (secondary N) is 1. The highest BCUT2D eigenvalue weighted by Crippen LogP contribution is 2.43. The Labute approximate surface area is 170 Å². The lowest BCUT2D eigenvalue weighted by molar-refractivity contribution is 0.660. The van der Waals surface area contributed by atoms with E-state index in [0.29, 0.717) is 5.92 Å². The molecule has 6 rings (SSSR count). The molecular formula is C27H24N2. The molecule has 0 fully saturated rings. The maximum absolute atomic E-state index is 3.54. The largest absolute Gasteiger partial charge is 0.355 e. The smallest absolute Gasteiger partial charge is 0.0488 e. The number of aryl methyl sites for hydroxylation is 1. The first-order valence-electron chi connectivity index (χ1n) is 10.6. The number of hydrogen-bond donors (Lipinski definition) is 1. The predicted octanol–water partition coefficient (Wildman–Crippen LogP) is 7.34. The van der Waals surface area contributed by atoms with Crippen LogP contribution in [0, 0.1) is 0 Å². The van der Waals surface area contributed by atoms with Crippen molar-refractivity contribution in [1.29, 1.82) is 0 Å². The van der Waals surface area contributed by atoms with Gasteiger partial charge in [0.05, 0.1) is 0 Å². The highest BCUT2D eigenvalue weighted by Gasteiger charge is 2.25. The Bertz CT molecular complexity index is 1430. The van der Waals surface area contributed by atoms with Gasteiger partial charge in [0.1, 0.15) is 0 Å². The number of benzene rings is 3. The van der Waals surface area contributed by atoms with Gasteiger partial charge < -0.3 is 9.55 Å². The van der Waals surface area contributed by atoms with Gasteiger partial charge >= 0.3 is 0 Å². The zero-order chi connectivity index (χ0) is 19.5. The van der Waals surface area contributed by atoms with Crippen LogP contribution < -0.4 is 0 Å². The second-order valence-electron chi connectivity index (χ2n) is 8.27. The monoisotopic (exact) mass is 376 g/mol. The average molecular weight is 377 g/mol. The lowest BCUT2D eigenvalue weighted by atomic mass is 9.84. The third-order valence-electron chi connectivity index (χ3n) is 6.56. The molecule has 5 aromatic rings. The number of nitrogens with zero attached hydrogens (tertiary/aromatic N) is 1. The van der Waals surface area contributed by atoms with Crippen molar-refractivity contribution in [3.8, 4) is 0 Å². The highest BCUT2D eigenvalue weighted by molar-refractivity contribution is 6.08. The van der Waals surface area contributed by atoms with Gasteiger partial charge in [-0.1, -0.05) is 49.4 Å². The van der Waals surface area contributed by atoms with Crippen LogP contribution in [0.2, 0.25) is 0 Å². The van der Waals surface area contributed by atoms with Crippen molar-refractivity contribution < 1.29 is 0 Å². The molecule has 0 amide bonds. The van der Waals surface area contributed by atoms with Crippen LogP contribution in [-0.4, -0.2) is 9.55 Å². The molecule has 29 heavy (non-hydrogen) atoms. The summed E-state index contributed by atoms with van der Waals surface area (Å²) in [5, 5.41) is 3.99. The van der Waals surface area contributed by atoms with Crippen LogP contribution in [0.5, 0.6) is 0 Å². The zero-order valence-corrected chi connectivity index (χ0v) is 16.9. The van der Waals surface area contributed by atoms with Gasteiger partial charge in [-0.2, -0.15) is 0 Å². The van der Waals surface area contributed by atoms with Gasteiger partial charge in [0.25, 0.3) is 0 Å². The van der Waals surface area contributed by atoms with E-state index in [9.17, 15) is 0 Å². The number of allylic oxidation sites excluding steroid dienone is 1. The first-order valence-corrected chi connectivity index (χ1v) is 10.6. The molecule has 0 aliphatic heterocycles. The molecule has 1 atom stereocenters.